The average Bonchev–Trinajstić information content (AvgIpc) is 2.27. The molecule has 4 nitrogen and oxygen atoms in total. The topological polar surface area (TPSA) is 55.4 Å². The third-order valence-corrected chi connectivity index (χ3v) is 2.84. The van der Waals surface area contributed by atoms with Gasteiger partial charge in [-0.1, -0.05) is 17.7 Å². The van der Waals surface area contributed by atoms with E-state index >= 15 is 0 Å². The highest BCUT2D eigenvalue weighted by Crippen LogP contribution is 2.15. The molecule has 0 saturated heterocycles. The van der Waals surface area contributed by atoms with Crippen LogP contribution in [0.15, 0.2) is 12.1 Å². The predicted molar refractivity (Wildman–Crippen MR) is 69.1 cm³/mol. The van der Waals surface area contributed by atoms with Crippen molar-refractivity contribution in [2.45, 2.75) is 33.7 Å². The SMILES string of the molecule is COC(=O)CC(=O)NCc1c(C)cc(C)cc1C. The third-order valence-electron chi connectivity index (χ3n) is 2.84. The molecule has 1 rings (SSSR count). The van der Waals surface area contributed by atoms with Gasteiger partial charge in [-0.05, 0) is 37.5 Å². The second-order valence-corrected chi connectivity index (χ2v) is 4.41. The van der Waals surface area contributed by atoms with Gasteiger partial charge in [0.05, 0.1) is 7.11 Å². The number of methoxy groups -OCH3 is 1. The number of rotatable bonds is 4. The van der Waals surface area contributed by atoms with Crippen molar-refractivity contribution >= 4 is 11.9 Å². The van der Waals surface area contributed by atoms with Crippen molar-refractivity contribution in [2.24, 2.45) is 0 Å². The minimum Gasteiger partial charge on any atom is -0.469 e. The van der Waals surface area contributed by atoms with Crippen molar-refractivity contribution in [1.82, 2.24) is 5.32 Å². The maximum Gasteiger partial charge on any atom is 0.315 e. The van der Waals surface area contributed by atoms with Crippen LogP contribution in [0.2, 0.25) is 0 Å². The molecule has 0 aliphatic heterocycles. The smallest absolute Gasteiger partial charge is 0.315 e. The van der Waals surface area contributed by atoms with Crippen LogP contribution < -0.4 is 5.32 Å². The zero-order chi connectivity index (χ0) is 13.7. The zero-order valence-electron chi connectivity index (χ0n) is 11.3. The van der Waals surface area contributed by atoms with Crippen molar-refractivity contribution in [3.8, 4) is 0 Å². The Hall–Kier alpha value is -1.84. The fourth-order valence-corrected chi connectivity index (χ4v) is 1.94. The largest absolute Gasteiger partial charge is 0.469 e. The Morgan fingerprint density at radius 3 is 2.22 bits per heavy atom. The van der Waals surface area contributed by atoms with Gasteiger partial charge in [-0.2, -0.15) is 0 Å². The number of hydrogen-bond donors (Lipinski definition) is 1. The Bertz CT molecular complexity index is 443. The normalized spacial score (nSPS) is 10.0. The van der Waals surface area contributed by atoms with Gasteiger partial charge in [0.15, 0.2) is 0 Å². The Morgan fingerprint density at radius 1 is 1.17 bits per heavy atom. The molecule has 0 bridgehead atoms. The lowest BCUT2D eigenvalue weighted by molar-refractivity contribution is -0.143. The van der Waals surface area contributed by atoms with Crippen LogP contribution in [0, 0.1) is 20.8 Å². The molecule has 0 atom stereocenters. The van der Waals surface area contributed by atoms with Crippen LogP contribution in [-0.4, -0.2) is 19.0 Å². The van der Waals surface area contributed by atoms with E-state index in [2.05, 4.69) is 22.2 Å². The Morgan fingerprint density at radius 2 is 1.72 bits per heavy atom. The number of aryl methyl sites for hydroxylation is 3. The number of carbonyl (C=O) groups is 2. The van der Waals surface area contributed by atoms with Crippen LogP contribution in [0.3, 0.4) is 0 Å². The standard InChI is InChI=1S/C14H19NO3/c1-9-5-10(2)12(11(3)6-9)8-15-13(16)7-14(17)18-4/h5-6H,7-8H2,1-4H3,(H,15,16). The fraction of sp³-hybridized carbons (Fsp3) is 0.429. The van der Waals surface area contributed by atoms with E-state index in [1.54, 1.807) is 0 Å². The lowest BCUT2D eigenvalue weighted by atomic mass is 10.00. The van der Waals surface area contributed by atoms with Crippen LogP contribution in [0.1, 0.15) is 28.7 Å². The van der Waals surface area contributed by atoms with Crippen molar-refractivity contribution in [1.29, 1.82) is 0 Å². The minimum atomic E-state index is -0.523. The van der Waals surface area contributed by atoms with Gasteiger partial charge in [0.2, 0.25) is 5.91 Å². The second-order valence-electron chi connectivity index (χ2n) is 4.41. The number of benzene rings is 1. The summed E-state index contributed by atoms with van der Waals surface area (Å²) in [7, 11) is 1.27. The molecule has 1 aromatic carbocycles. The molecule has 1 amide bonds. The molecule has 0 spiro atoms. The van der Waals surface area contributed by atoms with Gasteiger partial charge in [-0.3, -0.25) is 9.59 Å². The van der Waals surface area contributed by atoms with Gasteiger partial charge in [-0.15, -0.1) is 0 Å². The van der Waals surface area contributed by atoms with E-state index in [9.17, 15) is 9.59 Å². The van der Waals surface area contributed by atoms with E-state index < -0.39 is 5.97 Å². The Kier molecular flexibility index (Phi) is 4.89. The summed E-state index contributed by atoms with van der Waals surface area (Å²) >= 11 is 0. The maximum atomic E-state index is 11.5. The van der Waals surface area contributed by atoms with Crippen LogP contribution >= 0.6 is 0 Å². The summed E-state index contributed by atoms with van der Waals surface area (Å²) < 4.78 is 4.44. The van der Waals surface area contributed by atoms with E-state index in [1.807, 2.05) is 20.8 Å². The average molecular weight is 249 g/mol. The van der Waals surface area contributed by atoms with E-state index in [4.69, 9.17) is 0 Å². The summed E-state index contributed by atoms with van der Waals surface area (Å²) in [5.41, 5.74) is 4.59. The van der Waals surface area contributed by atoms with Crippen LogP contribution in [0.4, 0.5) is 0 Å². The summed E-state index contributed by atoms with van der Waals surface area (Å²) in [6, 6.07) is 4.16. The first-order valence-electron chi connectivity index (χ1n) is 5.84. The number of nitrogens with one attached hydrogen (secondary N) is 1. The third kappa shape index (κ3) is 3.87. The fourth-order valence-electron chi connectivity index (χ4n) is 1.94. The van der Waals surface area contributed by atoms with E-state index in [-0.39, 0.29) is 12.3 Å². The van der Waals surface area contributed by atoms with Crippen molar-refractivity contribution in [2.75, 3.05) is 7.11 Å². The highest BCUT2D eigenvalue weighted by Gasteiger charge is 2.10. The molecule has 0 aliphatic rings. The molecular weight excluding hydrogens is 230 g/mol. The number of amides is 1. The van der Waals surface area contributed by atoms with E-state index in [0.29, 0.717) is 6.54 Å². The lowest BCUT2D eigenvalue weighted by Gasteiger charge is -2.12. The number of carbonyl (C=O) groups excluding carboxylic acids is 2. The summed E-state index contributed by atoms with van der Waals surface area (Å²) in [5.74, 6) is -0.842. The molecule has 0 aliphatic carbocycles. The number of esters is 1. The summed E-state index contributed by atoms with van der Waals surface area (Å²) in [5, 5.41) is 2.73. The van der Waals surface area contributed by atoms with Crippen molar-refractivity contribution in [3.05, 3.63) is 34.4 Å². The molecule has 1 aromatic rings. The van der Waals surface area contributed by atoms with Gasteiger partial charge in [0, 0.05) is 6.54 Å². The van der Waals surface area contributed by atoms with Gasteiger partial charge in [0.25, 0.3) is 0 Å². The number of hydrogen-bond acceptors (Lipinski definition) is 3. The summed E-state index contributed by atoms with van der Waals surface area (Å²) in [6.07, 6.45) is -0.236. The minimum absolute atomic E-state index is 0.236. The molecule has 0 unspecified atom stereocenters. The first-order valence-corrected chi connectivity index (χ1v) is 5.84. The van der Waals surface area contributed by atoms with E-state index in [1.165, 1.54) is 12.7 Å². The molecule has 0 heterocycles. The first-order chi connectivity index (χ1) is 8.43. The Balaban J connectivity index is 2.64. The molecule has 4 heteroatoms. The Labute approximate surface area is 107 Å². The molecule has 1 N–H and O–H groups in total. The van der Waals surface area contributed by atoms with Crippen molar-refractivity contribution in [3.63, 3.8) is 0 Å². The molecular formula is C14H19NO3. The quantitative estimate of drug-likeness (QED) is 0.654. The van der Waals surface area contributed by atoms with Crippen LogP contribution in [0.5, 0.6) is 0 Å². The van der Waals surface area contributed by atoms with E-state index in [0.717, 1.165) is 16.7 Å². The molecule has 0 saturated carbocycles. The number of ether oxygens (including phenoxy) is 1. The highest BCUT2D eigenvalue weighted by molar-refractivity contribution is 5.94. The molecule has 0 aromatic heterocycles. The zero-order valence-corrected chi connectivity index (χ0v) is 11.3. The molecule has 98 valence electrons. The van der Waals surface area contributed by atoms with Gasteiger partial charge >= 0.3 is 5.97 Å². The summed E-state index contributed by atoms with van der Waals surface area (Å²) in [4.78, 5) is 22.4. The predicted octanol–water partition coefficient (Wildman–Crippen LogP) is 1.79. The molecule has 0 radical (unpaired) electrons. The lowest BCUT2D eigenvalue weighted by Crippen LogP contribution is -2.26. The van der Waals surface area contributed by atoms with Gasteiger partial charge < -0.3 is 10.1 Å². The van der Waals surface area contributed by atoms with Gasteiger partial charge in [0.1, 0.15) is 6.42 Å². The van der Waals surface area contributed by atoms with Crippen molar-refractivity contribution < 1.29 is 14.3 Å². The summed E-state index contributed by atoms with van der Waals surface area (Å²) in [6.45, 7) is 6.51. The second kappa shape index (κ2) is 6.19. The highest BCUT2D eigenvalue weighted by atomic mass is 16.5. The van der Waals surface area contributed by atoms with Crippen LogP contribution in [0.25, 0.3) is 0 Å². The molecule has 18 heavy (non-hydrogen) atoms. The molecule has 0 fully saturated rings. The first kappa shape index (κ1) is 14.2. The monoisotopic (exact) mass is 249 g/mol. The van der Waals surface area contributed by atoms with Gasteiger partial charge in [-0.25, -0.2) is 0 Å². The van der Waals surface area contributed by atoms with Crippen LogP contribution in [-0.2, 0) is 20.9 Å². The maximum absolute atomic E-state index is 11.5.